The molecule has 0 aromatic carbocycles. The first-order valence-electron chi connectivity index (χ1n) is 9.81. The lowest BCUT2D eigenvalue weighted by atomic mass is 10.2. The van der Waals surface area contributed by atoms with E-state index in [-0.39, 0.29) is 25.6 Å². The minimum Gasteiger partial charge on any atom is -0.383 e. The predicted octanol–water partition coefficient (Wildman–Crippen LogP) is 1.64. The van der Waals surface area contributed by atoms with Gasteiger partial charge < -0.3 is 25.5 Å². The van der Waals surface area contributed by atoms with E-state index < -0.39 is 42.8 Å². The van der Waals surface area contributed by atoms with Gasteiger partial charge >= 0.3 is 24.3 Å². The smallest absolute Gasteiger partial charge is 0.383 e. The number of anilines is 1. The molecule has 2 aromatic heterocycles. The van der Waals surface area contributed by atoms with E-state index in [0.717, 1.165) is 0 Å². The number of nitrogens with zero attached hydrogens (tertiary/aromatic N) is 3. The summed E-state index contributed by atoms with van der Waals surface area (Å²) < 4.78 is 60.4. The summed E-state index contributed by atoms with van der Waals surface area (Å²) >= 11 is 0. The van der Waals surface area contributed by atoms with Gasteiger partial charge in [0.05, 0.1) is 30.2 Å². The summed E-state index contributed by atoms with van der Waals surface area (Å²) in [5, 5.41) is 0.526. The third kappa shape index (κ3) is 7.17. The zero-order valence-corrected chi connectivity index (χ0v) is 20.7. The van der Waals surface area contributed by atoms with Gasteiger partial charge in [0.15, 0.2) is 0 Å². The Bertz CT molecular complexity index is 1230. The summed E-state index contributed by atoms with van der Waals surface area (Å²) in [4.78, 5) is 26.1. The number of hydrogen-bond acceptors (Lipinski definition) is 12. The summed E-state index contributed by atoms with van der Waals surface area (Å²) in [5.74, 6) is 5.91. The number of ether oxygens (including phenoxy) is 2. The highest BCUT2D eigenvalue weighted by atomic mass is 31.3. The average molecular weight is 549 g/mol. The number of aromatic nitrogens is 3. The molecule has 0 radical (unpaired) electrons. The van der Waals surface area contributed by atoms with Gasteiger partial charge in [-0.3, -0.25) is 4.89 Å². The van der Waals surface area contributed by atoms with Crippen LogP contribution in [0.15, 0.2) is 25.2 Å². The Morgan fingerprint density at radius 1 is 1.40 bits per heavy atom. The molecule has 0 saturated carbocycles. The molecule has 0 aliphatic carbocycles. The van der Waals surface area contributed by atoms with Crippen LogP contribution < -0.4 is 11.5 Å². The van der Waals surface area contributed by atoms with Crippen molar-refractivity contribution in [1.82, 2.24) is 14.5 Å². The molecule has 18 heteroatoms. The molecule has 35 heavy (non-hydrogen) atoms. The fourth-order valence-corrected chi connectivity index (χ4v) is 5.53. The Morgan fingerprint density at radius 2 is 2.17 bits per heavy atom. The lowest BCUT2D eigenvalue weighted by Gasteiger charge is -2.15. The van der Waals surface area contributed by atoms with E-state index >= 15 is 0 Å². The van der Waals surface area contributed by atoms with E-state index in [2.05, 4.69) is 37.0 Å². The Kier molecular flexibility index (Phi) is 9.54. The SMILES string of the molecule is C=CCOC1CC(n2cc(C#CCN)c3c(N)ncnc32)OC1CO[P+](=O)OP(=O)(O)O[P+](=O)O. The van der Waals surface area contributed by atoms with E-state index in [1.165, 1.54) is 12.4 Å². The fourth-order valence-electron chi connectivity index (χ4n) is 3.30. The molecule has 1 fully saturated rings. The highest BCUT2D eigenvalue weighted by Crippen LogP contribution is 2.57. The van der Waals surface area contributed by atoms with Crippen molar-refractivity contribution in [3.8, 4) is 11.8 Å². The van der Waals surface area contributed by atoms with Gasteiger partial charge in [0.2, 0.25) is 0 Å². The van der Waals surface area contributed by atoms with Crippen LogP contribution in [0.25, 0.3) is 11.0 Å². The summed E-state index contributed by atoms with van der Waals surface area (Å²) in [6.45, 7) is 3.54. The average Bonchev–Trinajstić information content (AvgIpc) is 3.35. The Labute approximate surface area is 200 Å². The maximum Gasteiger partial charge on any atom is 0.708 e. The Balaban J connectivity index is 1.79. The lowest BCUT2D eigenvalue weighted by molar-refractivity contribution is -0.0515. The van der Waals surface area contributed by atoms with Gasteiger partial charge in [-0.05, 0) is 0 Å². The van der Waals surface area contributed by atoms with Crippen LogP contribution in [0.2, 0.25) is 0 Å². The molecule has 2 aromatic rings. The first-order chi connectivity index (χ1) is 16.6. The van der Waals surface area contributed by atoms with Crippen molar-refractivity contribution >= 4 is 41.2 Å². The molecule has 0 amide bonds. The van der Waals surface area contributed by atoms with E-state index in [1.54, 1.807) is 10.8 Å². The molecular weight excluding hydrogens is 527 g/mol. The van der Waals surface area contributed by atoms with Gasteiger partial charge in [-0.15, -0.1) is 16.0 Å². The topological polar surface area (TPSA) is 221 Å². The minimum atomic E-state index is -5.08. The van der Waals surface area contributed by atoms with E-state index in [9.17, 15) is 18.6 Å². The van der Waals surface area contributed by atoms with Crippen LogP contribution in [0.3, 0.4) is 0 Å². The maximum absolute atomic E-state index is 11.9. The van der Waals surface area contributed by atoms with Crippen LogP contribution in [0.1, 0.15) is 18.2 Å². The van der Waals surface area contributed by atoms with E-state index in [0.29, 0.717) is 23.0 Å². The first kappa shape index (κ1) is 27.4. The number of nitrogens with two attached hydrogens (primary N) is 2. The number of phosphoric acid groups is 1. The van der Waals surface area contributed by atoms with Crippen molar-refractivity contribution in [2.24, 2.45) is 5.73 Å². The highest BCUT2D eigenvalue weighted by Gasteiger charge is 2.47. The predicted molar refractivity (Wildman–Crippen MR) is 122 cm³/mol. The van der Waals surface area contributed by atoms with Crippen molar-refractivity contribution < 1.29 is 46.1 Å². The number of nitrogen functional groups attached to an aromatic ring is 1. The molecule has 1 saturated heterocycles. The van der Waals surface area contributed by atoms with Crippen molar-refractivity contribution in [3.63, 3.8) is 0 Å². The highest BCUT2D eigenvalue weighted by molar-refractivity contribution is 7.61. The monoisotopic (exact) mass is 549 g/mol. The second-order valence-corrected chi connectivity index (χ2v) is 10.3. The Hall–Kier alpha value is -2.17. The van der Waals surface area contributed by atoms with Crippen LogP contribution in [0.4, 0.5) is 5.82 Å². The third-order valence-electron chi connectivity index (χ3n) is 4.57. The number of hydrogen-bond donors (Lipinski definition) is 4. The van der Waals surface area contributed by atoms with Gasteiger partial charge in [0.25, 0.3) is 0 Å². The quantitative estimate of drug-likeness (QED) is 0.178. The normalized spacial score (nSPS) is 22.3. The van der Waals surface area contributed by atoms with E-state index in [4.69, 9.17) is 30.4 Å². The minimum absolute atomic E-state index is 0.137. The molecule has 1 aliphatic rings. The van der Waals surface area contributed by atoms with Gasteiger partial charge in [0, 0.05) is 30.4 Å². The summed E-state index contributed by atoms with van der Waals surface area (Å²) in [5.41, 5.74) is 12.5. The lowest BCUT2D eigenvalue weighted by Crippen LogP contribution is -2.28. The molecule has 188 valence electrons. The maximum atomic E-state index is 11.9. The number of fused-ring (bicyclic) bond motifs is 1. The van der Waals surface area contributed by atoms with Gasteiger partial charge in [0.1, 0.15) is 36.7 Å². The van der Waals surface area contributed by atoms with Crippen LogP contribution in [0, 0.1) is 11.8 Å². The van der Waals surface area contributed by atoms with E-state index in [1.807, 2.05) is 0 Å². The summed E-state index contributed by atoms with van der Waals surface area (Å²) in [6.07, 6.45) is 2.83. The van der Waals surface area contributed by atoms with Crippen LogP contribution in [-0.2, 0) is 36.3 Å². The first-order valence-corrected chi connectivity index (χ1v) is 13.5. The molecular formula is C17H22N5O10P3+2. The largest absolute Gasteiger partial charge is 0.708 e. The van der Waals surface area contributed by atoms with Crippen molar-refractivity contribution in [2.45, 2.75) is 24.9 Å². The van der Waals surface area contributed by atoms with Crippen molar-refractivity contribution in [2.75, 3.05) is 25.5 Å². The molecule has 6 N–H and O–H groups in total. The van der Waals surface area contributed by atoms with Crippen LogP contribution >= 0.6 is 24.3 Å². The number of rotatable bonds is 11. The van der Waals surface area contributed by atoms with Crippen LogP contribution in [-0.4, -0.2) is 56.3 Å². The van der Waals surface area contributed by atoms with Gasteiger partial charge in [-0.1, -0.05) is 17.9 Å². The third-order valence-corrected chi connectivity index (χ3v) is 7.67. The zero-order valence-electron chi connectivity index (χ0n) is 18.0. The molecule has 6 atom stereocenters. The molecule has 15 nitrogen and oxygen atoms in total. The molecule has 6 unspecified atom stereocenters. The molecule has 0 bridgehead atoms. The van der Waals surface area contributed by atoms with Gasteiger partial charge in [-0.25, -0.2) is 14.5 Å². The van der Waals surface area contributed by atoms with Crippen molar-refractivity contribution in [1.29, 1.82) is 0 Å². The zero-order chi connectivity index (χ0) is 25.6. The van der Waals surface area contributed by atoms with Crippen LogP contribution in [0.5, 0.6) is 0 Å². The summed E-state index contributed by atoms with van der Waals surface area (Å²) in [6, 6.07) is 0. The standard InChI is InChI=1S/C17H20N5O10P3/c1-2-6-28-12-7-14(30-13(12)9-29-34(25)32-35(26,27)31-33(23)24)22-8-11(4-3-5-18)15-16(19)20-10-21-17(15)22/h2,8,10,12-14H,1,5-7,9,18H2,(H2-2,19,20,21,23,24,26,27)/p+2. The van der Waals surface area contributed by atoms with Gasteiger partial charge in [-0.2, -0.15) is 0 Å². The molecule has 3 heterocycles. The Morgan fingerprint density at radius 3 is 2.86 bits per heavy atom. The fraction of sp³-hybridized carbons (Fsp3) is 0.412. The second-order valence-electron chi connectivity index (χ2n) is 6.83. The second kappa shape index (κ2) is 12.2. The molecule has 3 rings (SSSR count). The van der Waals surface area contributed by atoms with Crippen molar-refractivity contribution in [3.05, 3.63) is 30.7 Å². The summed E-state index contributed by atoms with van der Waals surface area (Å²) in [7, 11) is -11.8. The molecule has 1 aliphatic heterocycles. The molecule has 0 spiro atoms.